The van der Waals surface area contributed by atoms with Crippen LogP contribution in [0.1, 0.15) is 0 Å². The van der Waals surface area contributed by atoms with E-state index < -0.39 is 11.0 Å². The molecule has 5 heteroatoms. The molecule has 0 aromatic carbocycles. The molecule has 1 N–H and O–H groups in total. The molecule has 0 aliphatic carbocycles. The Morgan fingerprint density at radius 1 is 1.60 bits per heavy atom. The van der Waals surface area contributed by atoms with Crippen molar-refractivity contribution in [3.63, 3.8) is 0 Å². The fourth-order valence-corrected chi connectivity index (χ4v) is 0.996. The molecule has 60 valence electrons. The first kappa shape index (κ1) is 9.42. The summed E-state index contributed by atoms with van der Waals surface area (Å²) in [6.07, 6.45) is 1.56. The molecule has 0 spiro atoms. The second-order valence-electron chi connectivity index (χ2n) is 2.00. The maximum Gasteiger partial charge on any atom is 0.205 e. The minimum atomic E-state index is -1.04. The molecule has 0 aliphatic rings. The summed E-state index contributed by atoms with van der Waals surface area (Å²) in [5, 5.41) is 0. The Hall–Kier alpha value is -0.580. The minimum Gasteiger partial charge on any atom is -0.348 e. The fraction of sp³-hybridized carbons (Fsp3) is 0.800. The molecule has 10 heavy (non-hydrogen) atoms. The topological polar surface area (TPSA) is 44.7 Å². The van der Waals surface area contributed by atoms with Crippen LogP contribution >= 0.6 is 0 Å². The molecule has 0 rings (SSSR count). The Morgan fingerprint density at radius 3 is 2.20 bits per heavy atom. The maximum absolute atomic E-state index is 10.6. The molecule has 0 heterocycles. The van der Waals surface area contributed by atoms with Gasteiger partial charge in [-0.2, -0.15) is 0 Å². The molecule has 1 atom stereocenters. The number of nitrogens with one attached hydrogen (secondary N) is 1. The molecule has 1 unspecified atom stereocenters. The third kappa shape index (κ3) is 3.45. The van der Waals surface area contributed by atoms with Crippen LogP contribution in [-0.4, -0.2) is 42.5 Å². The maximum atomic E-state index is 10.6. The number of aliphatic imine (C=N–C) groups is 1. The number of guanidine groups is 1. The van der Waals surface area contributed by atoms with Crippen LogP contribution in [0.5, 0.6) is 0 Å². The molecule has 0 saturated carbocycles. The van der Waals surface area contributed by atoms with Crippen molar-refractivity contribution in [2.24, 2.45) is 4.99 Å². The summed E-state index contributed by atoms with van der Waals surface area (Å²) in [5.41, 5.74) is 0. The van der Waals surface area contributed by atoms with Crippen LogP contribution in [0.4, 0.5) is 0 Å². The van der Waals surface area contributed by atoms with E-state index in [-0.39, 0.29) is 0 Å². The van der Waals surface area contributed by atoms with E-state index in [2.05, 4.69) is 9.71 Å². The summed E-state index contributed by atoms with van der Waals surface area (Å²) in [7, 11) is 4.28. The summed E-state index contributed by atoms with van der Waals surface area (Å²) in [4.78, 5) is 5.63. The first-order chi connectivity index (χ1) is 4.57. The molecule has 4 nitrogen and oxygen atoms in total. The number of rotatable bonds is 1. The quantitative estimate of drug-likeness (QED) is 0.415. The van der Waals surface area contributed by atoms with Gasteiger partial charge in [0.25, 0.3) is 0 Å². The second-order valence-corrected chi connectivity index (χ2v) is 3.11. The van der Waals surface area contributed by atoms with Gasteiger partial charge in [-0.1, -0.05) is 0 Å². The van der Waals surface area contributed by atoms with E-state index in [1.807, 2.05) is 14.1 Å². The van der Waals surface area contributed by atoms with Gasteiger partial charge in [0.05, 0.1) is 0 Å². The van der Waals surface area contributed by atoms with Gasteiger partial charge in [0.15, 0.2) is 0 Å². The van der Waals surface area contributed by atoms with Gasteiger partial charge in [-0.05, 0) is 0 Å². The molecule has 0 fully saturated rings. The summed E-state index contributed by atoms with van der Waals surface area (Å²) < 4.78 is 13.3. The molecule has 0 radical (unpaired) electrons. The van der Waals surface area contributed by atoms with Crippen molar-refractivity contribution in [2.45, 2.75) is 0 Å². The molecule has 0 saturated heterocycles. The Balaban J connectivity index is 3.99. The highest BCUT2D eigenvalue weighted by Gasteiger charge is 1.99. The summed E-state index contributed by atoms with van der Waals surface area (Å²) in [6.45, 7) is 0. The Morgan fingerprint density at radius 2 is 2.10 bits per heavy atom. The van der Waals surface area contributed by atoms with Crippen molar-refractivity contribution in [3.05, 3.63) is 0 Å². The zero-order valence-electron chi connectivity index (χ0n) is 6.71. The van der Waals surface area contributed by atoms with Gasteiger partial charge < -0.3 is 4.90 Å². The van der Waals surface area contributed by atoms with Crippen LogP contribution < -0.4 is 4.72 Å². The first-order valence-electron chi connectivity index (χ1n) is 2.82. The normalized spacial score (nSPS) is 14.6. The van der Waals surface area contributed by atoms with Gasteiger partial charge in [-0.3, -0.25) is 9.71 Å². The largest absolute Gasteiger partial charge is 0.348 e. The molecule has 0 aromatic rings. The van der Waals surface area contributed by atoms with Crippen LogP contribution in [0.3, 0.4) is 0 Å². The van der Waals surface area contributed by atoms with E-state index in [4.69, 9.17) is 0 Å². The standard InChI is InChI=1S/C5H13N3OS/c1-6-5(8(2)3)7-10(4)9/h1-4H3,(H,6,7). The Labute approximate surface area is 63.9 Å². The molecule has 0 bridgehead atoms. The number of hydrogen-bond acceptors (Lipinski definition) is 2. The highest BCUT2D eigenvalue weighted by molar-refractivity contribution is 7.82. The van der Waals surface area contributed by atoms with E-state index in [0.29, 0.717) is 5.96 Å². The average Bonchev–Trinajstić information content (AvgIpc) is 1.81. The molecule has 0 amide bonds. The zero-order valence-corrected chi connectivity index (χ0v) is 7.53. The lowest BCUT2D eigenvalue weighted by atomic mass is 10.8. The van der Waals surface area contributed by atoms with Crippen LogP contribution in [0.2, 0.25) is 0 Å². The molecular weight excluding hydrogens is 150 g/mol. The van der Waals surface area contributed by atoms with E-state index in [1.54, 1.807) is 18.2 Å². The average molecular weight is 163 g/mol. The lowest BCUT2D eigenvalue weighted by molar-refractivity contribution is 0.603. The summed E-state index contributed by atoms with van der Waals surface area (Å²) in [5.74, 6) is 0.626. The van der Waals surface area contributed by atoms with E-state index in [0.717, 1.165) is 0 Å². The van der Waals surface area contributed by atoms with Crippen LogP contribution in [0.25, 0.3) is 0 Å². The third-order valence-corrected chi connectivity index (χ3v) is 1.34. The van der Waals surface area contributed by atoms with Gasteiger partial charge in [-0.15, -0.1) is 0 Å². The highest BCUT2D eigenvalue weighted by atomic mass is 32.2. The van der Waals surface area contributed by atoms with Crippen molar-refractivity contribution in [3.8, 4) is 0 Å². The van der Waals surface area contributed by atoms with Gasteiger partial charge in [0.2, 0.25) is 5.96 Å². The lowest BCUT2D eigenvalue weighted by Crippen LogP contribution is -2.36. The molecule has 0 aromatic heterocycles. The van der Waals surface area contributed by atoms with Gasteiger partial charge in [0, 0.05) is 27.4 Å². The zero-order chi connectivity index (χ0) is 8.15. The van der Waals surface area contributed by atoms with E-state index >= 15 is 0 Å². The first-order valence-corrected chi connectivity index (χ1v) is 4.38. The van der Waals surface area contributed by atoms with Gasteiger partial charge in [0.1, 0.15) is 11.0 Å². The predicted molar refractivity (Wildman–Crippen MR) is 44.2 cm³/mol. The van der Waals surface area contributed by atoms with E-state index in [1.165, 1.54) is 0 Å². The SMILES string of the molecule is CN=C(NS(C)=O)N(C)C. The van der Waals surface area contributed by atoms with Crippen molar-refractivity contribution >= 4 is 16.9 Å². The van der Waals surface area contributed by atoms with Crippen LogP contribution in [0, 0.1) is 0 Å². The molecular formula is C5H13N3OS. The monoisotopic (exact) mass is 163 g/mol. The van der Waals surface area contributed by atoms with Crippen molar-refractivity contribution in [1.82, 2.24) is 9.62 Å². The van der Waals surface area contributed by atoms with Gasteiger partial charge >= 0.3 is 0 Å². The van der Waals surface area contributed by atoms with Crippen LogP contribution in [-0.2, 0) is 11.0 Å². The van der Waals surface area contributed by atoms with Crippen LogP contribution in [0.15, 0.2) is 4.99 Å². The summed E-state index contributed by atoms with van der Waals surface area (Å²) in [6, 6.07) is 0. The van der Waals surface area contributed by atoms with E-state index in [9.17, 15) is 4.21 Å². The fourth-order valence-electron chi connectivity index (χ4n) is 0.465. The second kappa shape index (κ2) is 4.27. The predicted octanol–water partition coefficient (Wildman–Crippen LogP) is -0.583. The molecule has 0 aliphatic heterocycles. The number of hydrogen-bond donors (Lipinski definition) is 1. The highest BCUT2D eigenvalue weighted by Crippen LogP contribution is 1.78. The van der Waals surface area contributed by atoms with Crippen molar-refractivity contribution in [2.75, 3.05) is 27.4 Å². The van der Waals surface area contributed by atoms with Crippen molar-refractivity contribution in [1.29, 1.82) is 0 Å². The third-order valence-electron chi connectivity index (χ3n) is 0.870. The Bertz CT molecular complexity index is 155. The Kier molecular flexibility index (Phi) is 4.02. The minimum absolute atomic E-state index is 0.626. The van der Waals surface area contributed by atoms with Gasteiger partial charge in [-0.25, -0.2) is 4.21 Å². The van der Waals surface area contributed by atoms with Crippen molar-refractivity contribution < 1.29 is 4.21 Å². The lowest BCUT2D eigenvalue weighted by Gasteiger charge is -2.14. The smallest absolute Gasteiger partial charge is 0.205 e. The summed E-state index contributed by atoms with van der Waals surface area (Å²) >= 11 is 0. The number of nitrogens with zero attached hydrogens (tertiary/aromatic N) is 2.